The van der Waals surface area contributed by atoms with Crippen molar-refractivity contribution in [1.82, 2.24) is 14.6 Å². The van der Waals surface area contributed by atoms with E-state index in [0.29, 0.717) is 13.1 Å². The summed E-state index contributed by atoms with van der Waals surface area (Å²) >= 11 is 5.30. The molecule has 2 heterocycles. The number of sulfonamides is 1. The van der Waals surface area contributed by atoms with E-state index in [1.165, 1.54) is 0 Å². The fourth-order valence-electron chi connectivity index (χ4n) is 2.64. The number of aryl methyl sites for hydroxylation is 1. The van der Waals surface area contributed by atoms with Crippen molar-refractivity contribution in [2.45, 2.75) is 11.8 Å². The minimum absolute atomic E-state index is 0.215. The van der Waals surface area contributed by atoms with E-state index in [0.717, 1.165) is 24.5 Å². The molecule has 0 atom stereocenters. The molecule has 0 unspecified atom stereocenters. The van der Waals surface area contributed by atoms with Crippen LogP contribution in [0.5, 0.6) is 0 Å². The van der Waals surface area contributed by atoms with Gasteiger partial charge in [0, 0.05) is 32.4 Å². The summed E-state index contributed by atoms with van der Waals surface area (Å²) in [6.45, 7) is 4.68. The number of benzene rings is 1. The fraction of sp³-hybridized carbons (Fsp3) is 0.294. The molecule has 2 aromatic rings. The van der Waals surface area contributed by atoms with Gasteiger partial charge >= 0.3 is 0 Å². The van der Waals surface area contributed by atoms with Crippen molar-refractivity contribution >= 4 is 33.2 Å². The summed E-state index contributed by atoms with van der Waals surface area (Å²) in [7, 11) is -3.65. The van der Waals surface area contributed by atoms with E-state index < -0.39 is 10.0 Å². The minimum Gasteiger partial charge on any atom is -0.353 e. The van der Waals surface area contributed by atoms with Crippen molar-refractivity contribution in [3.8, 4) is 0 Å². The zero-order valence-corrected chi connectivity index (χ0v) is 15.6. The summed E-state index contributed by atoms with van der Waals surface area (Å²) in [6, 6.07) is 12.5. The number of nitrogens with one attached hydrogen (secondary N) is 1. The number of pyridine rings is 1. The van der Waals surface area contributed by atoms with Gasteiger partial charge in [0.2, 0.25) is 0 Å². The largest absolute Gasteiger partial charge is 0.353 e. The molecule has 3 rings (SSSR count). The van der Waals surface area contributed by atoms with Gasteiger partial charge < -0.3 is 9.80 Å². The van der Waals surface area contributed by atoms with E-state index in [4.69, 9.17) is 12.2 Å². The summed E-state index contributed by atoms with van der Waals surface area (Å²) in [5.41, 5.74) is 1.01. The first kappa shape index (κ1) is 17.6. The lowest BCUT2D eigenvalue weighted by Gasteiger charge is -2.36. The molecular formula is C17H20N4O2S2. The molecule has 25 heavy (non-hydrogen) atoms. The Kier molecular flexibility index (Phi) is 5.19. The Balaban J connectivity index is 1.60. The van der Waals surface area contributed by atoms with Gasteiger partial charge in [0.1, 0.15) is 5.82 Å². The van der Waals surface area contributed by atoms with E-state index >= 15 is 0 Å². The number of thiocarbonyl (C=S) groups is 1. The van der Waals surface area contributed by atoms with Crippen LogP contribution < -0.4 is 9.62 Å². The van der Waals surface area contributed by atoms with E-state index in [2.05, 4.69) is 14.6 Å². The van der Waals surface area contributed by atoms with Gasteiger partial charge in [-0.05, 0) is 43.4 Å². The van der Waals surface area contributed by atoms with Crippen LogP contribution in [0.25, 0.3) is 0 Å². The number of hydrogen-bond donors (Lipinski definition) is 1. The molecule has 1 fully saturated rings. The van der Waals surface area contributed by atoms with E-state index in [1.807, 2.05) is 30.0 Å². The summed E-state index contributed by atoms with van der Waals surface area (Å²) in [5.74, 6) is 0.924. The van der Waals surface area contributed by atoms with Crippen molar-refractivity contribution in [2.75, 3.05) is 31.1 Å². The van der Waals surface area contributed by atoms with E-state index in [-0.39, 0.29) is 10.0 Å². The molecule has 1 aromatic carbocycles. The number of rotatable bonds is 3. The van der Waals surface area contributed by atoms with Crippen LogP contribution in [-0.2, 0) is 10.0 Å². The Labute approximate surface area is 153 Å². The molecular weight excluding hydrogens is 356 g/mol. The van der Waals surface area contributed by atoms with Crippen LogP contribution >= 0.6 is 12.2 Å². The van der Waals surface area contributed by atoms with Gasteiger partial charge in [-0.3, -0.25) is 4.72 Å². The predicted molar refractivity (Wildman–Crippen MR) is 102 cm³/mol. The Morgan fingerprint density at radius 1 is 1.08 bits per heavy atom. The number of nitrogens with zero attached hydrogens (tertiary/aromatic N) is 3. The maximum absolute atomic E-state index is 12.4. The number of piperazine rings is 1. The second kappa shape index (κ2) is 7.37. The highest BCUT2D eigenvalue weighted by molar-refractivity contribution is 7.91. The molecule has 1 saturated heterocycles. The number of aromatic nitrogens is 1. The molecule has 1 aromatic heterocycles. The molecule has 1 aliphatic heterocycles. The second-order valence-corrected chi connectivity index (χ2v) is 7.95. The summed E-state index contributed by atoms with van der Waals surface area (Å²) < 4.78 is 27.4. The zero-order chi connectivity index (χ0) is 17.9. The first-order valence-electron chi connectivity index (χ1n) is 8.00. The van der Waals surface area contributed by atoms with Crippen LogP contribution in [0, 0.1) is 6.92 Å². The third-order valence-electron chi connectivity index (χ3n) is 4.09. The van der Waals surface area contributed by atoms with Gasteiger partial charge in [-0.25, -0.2) is 13.4 Å². The SMILES string of the molecule is Cc1ccc(S(=O)(=O)NC(=S)N2CCN(c3ccccn3)CC2)cc1. The summed E-state index contributed by atoms with van der Waals surface area (Å²) in [6.07, 6.45) is 1.77. The van der Waals surface area contributed by atoms with E-state index in [1.54, 1.807) is 30.5 Å². The first-order chi connectivity index (χ1) is 12.0. The van der Waals surface area contributed by atoms with Crippen molar-refractivity contribution in [3.05, 3.63) is 54.2 Å². The average Bonchev–Trinajstić information content (AvgIpc) is 2.62. The van der Waals surface area contributed by atoms with Gasteiger partial charge in [0.15, 0.2) is 5.11 Å². The molecule has 0 saturated carbocycles. The van der Waals surface area contributed by atoms with Gasteiger partial charge in [0.05, 0.1) is 4.90 Å². The van der Waals surface area contributed by atoms with Crippen molar-refractivity contribution in [3.63, 3.8) is 0 Å². The molecule has 6 nitrogen and oxygen atoms in total. The molecule has 0 spiro atoms. The lowest BCUT2D eigenvalue weighted by Crippen LogP contribution is -2.52. The number of anilines is 1. The Morgan fingerprint density at radius 2 is 1.76 bits per heavy atom. The van der Waals surface area contributed by atoms with Crippen molar-refractivity contribution in [2.24, 2.45) is 0 Å². The highest BCUT2D eigenvalue weighted by atomic mass is 32.2. The lowest BCUT2D eigenvalue weighted by molar-refractivity contribution is 0.384. The minimum atomic E-state index is -3.65. The van der Waals surface area contributed by atoms with Gasteiger partial charge in [-0.15, -0.1) is 0 Å². The second-order valence-electron chi connectivity index (χ2n) is 5.89. The van der Waals surface area contributed by atoms with Crippen LogP contribution in [0.4, 0.5) is 5.82 Å². The third kappa shape index (κ3) is 4.26. The van der Waals surface area contributed by atoms with Crippen LogP contribution in [0.3, 0.4) is 0 Å². The van der Waals surface area contributed by atoms with Crippen molar-refractivity contribution in [1.29, 1.82) is 0 Å². The summed E-state index contributed by atoms with van der Waals surface area (Å²) in [5, 5.41) is 0.237. The quantitative estimate of drug-likeness (QED) is 0.824. The van der Waals surface area contributed by atoms with E-state index in [9.17, 15) is 8.42 Å². The van der Waals surface area contributed by atoms with Crippen LogP contribution in [-0.4, -0.2) is 49.6 Å². The first-order valence-corrected chi connectivity index (χ1v) is 9.89. The Morgan fingerprint density at radius 3 is 2.36 bits per heavy atom. The predicted octanol–water partition coefficient (Wildman–Crippen LogP) is 1.78. The maximum atomic E-state index is 12.4. The Bertz CT molecular complexity index is 831. The molecule has 0 amide bonds. The number of hydrogen-bond acceptors (Lipinski definition) is 5. The maximum Gasteiger partial charge on any atom is 0.263 e. The molecule has 132 valence electrons. The van der Waals surface area contributed by atoms with Crippen LogP contribution in [0.1, 0.15) is 5.56 Å². The monoisotopic (exact) mass is 376 g/mol. The highest BCUT2D eigenvalue weighted by Gasteiger charge is 2.23. The van der Waals surface area contributed by atoms with Gasteiger partial charge in [-0.1, -0.05) is 23.8 Å². The smallest absolute Gasteiger partial charge is 0.263 e. The molecule has 0 aliphatic carbocycles. The van der Waals surface area contributed by atoms with Crippen molar-refractivity contribution < 1.29 is 8.42 Å². The summed E-state index contributed by atoms with van der Waals surface area (Å²) in [4.78, 5) is 8.59. The van der Waals surface area contributed by atoms with Gasteiger partial charge in [-0.2, -0.15) is 0 Å². The van der Waals surface area contributed by atoms with Crippen LogP contribution in [0.15, 0.2) is 53.6 Å². The lowest BCUT2D eigenvalue weighted by atomic mass is 10.2. The normalized spacial score (nSPS) is 15.1. The zero-order valence-electron chi connectivity index (χ0n) is 13.9. The highest BCUT2D eigenvalue weighted by Crippen LogP contribution is 2.14. The molecule has 1 N–H and O–H groups in total. The molecule has 0 radical (unpaired) electrons. The topological polar surface area (TPSA) is 65.5 Å². The van der Waals surface area contributed by atoms with Crippen LogP contribution in [0.2, 0.25) is 0 Å². The Hall–Kier alpha value is -2.19. The fourth-order valence-corrected chi connectivity index (χ4v) is 4.12. The standard InChI is InChI=1S/C17H20N4O2S2/c1-14-5-7-15(8-6-14)25(22,23)19-17(24)21-12-10-20(11-13-21)16-4-2-3-9-18-16/h2-9H,10-13H2,1H3,(H,19,24). The molecule has 0 bridgehead atoms. The average molecular weight is 377 g/mol. The third-order valence-corrected chi connectivity index (χ3v) is 5.94. The molecule has 8 heteroatoms. The molecule has 1 aliphatic rings. The van der Waals surface area contributed by atoms with Gasteiger partial charge in [0.25, 0.3) is 10.0 Å².